The molecule has 0 spiro atoms. The fourth-order valence-corrected chi connectivity index (χ4v) is 3.29. The molecule has 1 N–H and O–H groups in total. The Labute approximate surface area is 131 Å². The molecule has 2 aliphatic heterocycles. The Morgan fingerprint density at radius 3 is 2.82 bits per heavy atom. The van der Waals surface area contributed by atoms with Gasteiger partial charge in [-0.1, -0.05) is 12.1 Å². The number of carbonyl (C=O) groups is 1. The molecule has 3 rings (SSSR count). The Bertz CT molecular complexity index is 541. The molecule has 2 heterocycles. The van der Waals surface area contributed by atoms with E-state index in [1.807, 2.05) is 17.0 Å². The van der Waals surface area contributed by atoms with Crippen LogP contribution in [-0.4, -0.2) is 55.3 Å². The van der Waals surface area contributed by atoms with Crippen LogP contribution in [0.1, 0.15) is 30.6 Å². The smallest absolute Gasteiger partial charge is 0.223 e. The van der Waals surface area contributed by atoms with E-state index in [2.05, 4.69) is 11.0 Å². The first kappa shape index (κ1) is 15.5. The second-order valence-electron chi connectivity index (χ2n) is 6.09. The molecule has 0 aliphatic carbocycles. The largest absolute Gasteiger partial charge is 0.387 e. The molecule has 120 valence electrons. The number of aliphatic hydroxyl groups is 1. The zero-order chi connectivity index (χ0) is 15.5. The van der Waals surface area contributed by atoms with Crippen molar-refractivity contribution >= 4 is 11.6 Å². The first-order valence-electron chi connectivity index (χ1n) is 8.04. The summed E-state index contributed by atoms with van der Waals surface area (Å²) in [7, 11) is 0. The molecular formula is C17H24N2O3. The van der Waals surface area contributed by atoms with Crippen LogP contribution in [0, 0.1) is 0 Å². The Morgan fingerprint density at radius 2 is 2.09 bits per heavy atom. The number of ether oxygens (including phenoxy) is 1. The van der Waals surface area contributed by atoms with E-state index in [1.54, 1.807) is 6.92 Å². The number of aryl methyl sites for hydroxylation is 1. The number of benzene rings is 1. The maximum Gasteiger partial charge on any atom is 0.223 e. The minimum atomic E-state index is -0.490. The van der Waals surface area contributed by atoms with E-state index in [0.717, 1.165) is 56.9 Å². The van der Waals surface area contributed by atoms with Crippen molar-refractivity contribution in [2.75, 3.05) is 44.3 Å². The van der Waals surface area contributed by atoms with Gasteiger partial charge in [0.25, 0.3) is 0 Å². The van der Waals surface area contributed by atoms with Crippen LogP contribution in [0.2, 0.25) is 0 Å². The lowest BCUT2D eigenvalue weighted by Crippen LogP contribution is -2.39. The number of carbonyl (C=O) groups excluding carboxylic acids is 1. The molecule has 5 nitrogen and oxygen atoms in total. The van der Waals surface area contributed by atoms with Gasteiger partial charge in [0.1, 0.15) is 0 Å². The van der Waals surface area contributed by atoms with Crippen molar-refractivity contribution in [2.45, 2.75) is 25.9 Å². The molecular weight excluding hydrogens is 280 g/mol. The highest BCUT2D eigenvalue weighted by atomic mass is 16.5. The van der Waals surface area contributed by atoms with Gasteiger partial charge < -0.3 is 14.7 Å². The van der Waals surface area contributed by atoms with Gasteiger partial charge in [-0.25, -0.2) is 0 Å². The normalized spacial score (nSPS) is 20.5. The number of fused-ring (bicyclic) bond motifs is 1. The third-order valence-electron chi connectivity index (χ3n) is 4.52. The minimum Gasteiger partial charge on any atom is -0.387 e. The molecule has 1 fully saturated rings. The van der Waals surface area contributed by atoms with Gasteiger partial charge in [0.15, 0.2) is 0 Å². The van der Waals surface area contributed by atoms with Gasteiger partial charge in [0, 0.05) is 38.8 Å². The summed E-state index contributed by atoms with van der Waals surface area (Å²) in [6.07, 6.45) is 1.46. The van der Waals surface area contributed by atoms with Crippen molar-refractivity contribution in [1.82, 2.24) is 4.90 Å². The third kappa shape index (κ3) is 3.32. The Morgan fingerprint density at radius 1 is 1.32 bits per heavy atom. The SMILES string of the molecule is CC(=O)N1CCCc2cc(C(O)CN3CCOCC3)ccc21. The summed E-state index contributed by atoms with van der Waals surface area (Å²) in [6, 6.07) is 5.99. The molecule has 5 heteroatoms. The molecule has 0 aromatic heterocycles. The highest BCUT2D eigenvalue weighted by Gasteiger charge is 2.22. The number of hydrogen-bond acceptors (Lipinski definition) is 4. The summed E-state index contributed by atoms with van der Waals surface area (Å²) in [5.41, 5.74) is 3.11. The molecule has 2 aliphatic rings. The molecule has 1 amide bonds. The number of hydrogen-bond donors (Lipinski definition) is 1. The Balaban J connectivity index is 1.73. The number of aliphatic hydroxyl groups excluding tert-OH is 1. The molecule has 1 aromatic rings. The zero-order valence-electron chi connectivity index (χ0n) is 13.1. The molecule has 0 radical (unpaired) electrons. The molecule has 1 aromatic carbocycles. The van der Waals surface area contributed by atoms with Gasteiger partial charge in [-0.05, 0) is 30.0 Å². The van der Waals surface area contributed by atoms with Crippen molar-refractivity contribution in [3.8, 4) is 0 Å². The number of rotatable bonds is 3. The quantitative estimate of drug-likeness (QED) is 0.916. The van der Waals surface area contributed by atoms with E-state index in [1.165, 1.54) is 5.56 Å². The van der Waals surface area contributed by atoms with E-state index < -0.39 is 6.10 Å². The summed E-state index contributed by atoms with van der Waals surface area (Å²) in [5.74, 6) is 0.0857. The lowest BCUT2D eigenvalue weighted by Gasteiger charge is -2.31. The fraction of sp³-hybridized carbons (Fsp3) is 0.588. The Kier molecular flexibility index (Phi) is 4.76. The zero-order valence-corrected chi connectivity index (χ0v) is 13.1. The van der Waals surface area contributed by atoms with Gasteiger partial charge in [0.2, 0.25) is 5.91 Å². The van der Waals surface area contributed by atoms with Crippen LogP contribution >= 0.6 is 0 Å². The third-order valence-corrected chi connectivity index (χ3v) is 4.52. The number of β-amino-alcohol motifs (C(OH)–C–C–N with tert-alkyl or cyclic N) is 1. The maximum absolute atomic E-state index is 11.7. The van der Waals surface area contributed by atoms with E-state index in [-0.39, 0.29) is 5.91 Å². The summed E-state index contributed by atoms with van der Waals surface area (Å²) in [5, 5.41) is 10.5. The maximum atomic E-state index is 11.7. The van der Waals surface area contributed by atoms with Gasteiger partial charge in [-0.15, -0.1) is 0 Å². The van der Waals surface area contributed by atoms with Crippen molar-refractivity contribution < 1.29 is 14.6 Å². The van der Waals surface area contributed by atoms with Crippen LogP contribution in [0.25, 0.3) is 0 Å². The topological polar surface area (TPSA) is 53.0 Å². The molecule has 1 unspecified atom stereocenters. The lowest BCUT2D eigenvalue weighted by atomic mass is 9.97. The monoisotopic (exact) mass is 304 g/mol. The predicted octanol–water partition coefficient (Wildman–Crippen LogP) is 1.35. The molecule has 22 heavy (non-hydrogen) atoms. The van der Waals surface area contributed by atoms with E-state index >= 15 is 0 Å². The van der Waals surface area contributed by atoms with E-state index in [0.29, 0.717) is 6.54 Å². The number of nitrogens with zero attached hydrogens (tertiary/aromatic N) is 2. The lowest BCUT2D eigenvalue weighted by molar-refractivity contribution is -0.116. The van der Waals surface area contributed by atoms with Crippen molar-refractivity contribution in [2.24, 2.45) is 0 Å². The molecule has 0 bridgehead atoms. The second-order valence-corrected chi connectivity index (χ2v) is 6.09. The van der Waals surface area contributed by atoms with Crippen LogP contribution in [0.4, 0.5) is 5.69 Å². The average Bonchev–Trinajstić information content (AvgIpc) is 2.54. The first-order valence-corrected chi connectivity index (χ1v) is 8.04. The van der Waals surface area contributed by atoms with Crippen molar-refractivity contribution in [3.05, 3.63) is 29.3 Å². The van der Waals surface area contributed by atoms with Gasteiger partial charge in [-0.3, -0.25) is 9.69 Å². The summed E-state index contributed by atoms with van der Waals surface area (Å²) in [4.78, 5) is 15.8. The summed E-state index contributed by atoms with van der Waals surface area (Å²) >= 11 is 0. The highest BCUT2D eigenvalue weighted by molar-refractivity contribution is 5.92. The van der Waals surface area contributed by atoms with E-state index in [4.69, 9.17) is 4.74 Å². The van der Waals surface area contributed by atoms with Gasteiger partial charge in [-0.2, -0.15) is 0 Å². The minimum absolute atomic E-state index is 0.0857. The van der Waals surface area contributed by atoms with Gasteiger partial charge >= 0.3 is 0 Å². The highest BCUT2D eigenvalue weighted by Crippen LogP contribution is 2.30. The summed E-state index contributed by atoms with van der Waals surface area (Å²) in [6.45, 7) is 6.27. The number of morpholine rings is 1. The standard InChI is InChI=1S/C17H24N2O3/c1-13(20)19-6-2-3-14-11-15(4-5-16(14)19)17(21)12-18-7-9-22-10-8-18/h4-5,11,17,21H,2-3,6-10,12H2,1H3. The first-order chi connectivity index (χ1) is 10.6. The summed E-state index contributed by atoms with van der Waals surface area (Å²) < 4.78 is 5.33. The second kappa shape index (κ2) is 6.77. The predicted molar refractivity (Wildman–Crippen MR) is 85.0 cm³/mol. The number of anilines is 1. The van der Waals surface area contributed by atoms with Crippen molar-refractivity contribution in [3.63, 3.8) is 0 Å². The number of amides is 1. The molecule has 0 saturated carbocycles. The van der Waals surface area contributed by atoms with Crippen LogP contribution in [0.3, 0.4) is 0 Å². The fourth-order valence-electron chi connectivity index (χ4n) is 3.29. The van der Waals surface area contributed by atoms with Crippen LogP contribution in [-0.2, 0) is 16.0 Å². The molecule has 1 atom stereocenters. The van der Waals surface area contributed by atoms with Crippen LogP contribution < -0.4 is 4.90 Å². The van der Waals surface area contributed by atoms with Crippen LogP contribution in [0.15, 0.2) is 18.2 Å². The Hall–Kier alpha value is -1.43. The van der Waals surface area contributed by atoms with Crippen molar-refractivity contribution in [1.29, 1.82) is 0 Å². The van der Waals surface area contributed by atoms with E-state index in [9.17, 15) is 9.90 Å². The van der Waals surface area contributed by atoms with Gasteiger partial charge in [0.05, 0.1) is 19.3 Å². The average molecular weight is 304 g/mol. The molecule has 1 saturated heterocycles. The van der Waals surface area contributed by atoms with Crippen LogP contribution in [0.5, 0.6) is 0 Å².